The Labute approximate surface area is 162 Å². The van der Waals surface area contributed by atoms with Crippen molar-refractivity contribution in [2.45, 2.75) is 51.0 Å². The molecule has 1 atom stereocenters. The third kappa shape index (κ3) is 4.21. The van der Waals surface area contributed by atoms with Crippen LogP contribution in [0.25, 0.3) is 0 Å². The fraction of sp³-hybridized carbons (Fsp3) is 0.600. The van der Waals surface area contributed by atoms with Crippen LogP contribution in [0.1, 0.15) is 44.9 Å². The average molecular weight is 380 g/mol. The molecule has 26 heavy (non-hydrogen) atoms. The number of amides is 2. The van der Waals surface area contributed by atoms with Crippen LogP contribution in [-0.4, -0.2) is 42.9 Å². The number of para-hydroxylation sites is 1. The van der Waals surface area contributed by atoms with Gasteiger partial charge in [0.15, 0.2) is 0 Å². The molecule has 6 heteroatoms. The first-order valence-corrected chi connectivity index (χ1v) is 9.38. The zero-order chi connectivity index (χ0) is 17.9. The molecule has 2 fully saturated rings. The molecule has 0 spiro atoms. The second kappa shape index (κ2) is 8.87. The van der Waals surface area contributed by atoms with Gasteiger partial charge in [-0.2, -0.15) is 0 Å². The SMILES string of the molecule is CN(C(=O)CC1(CN)CCCCC1)C1CCN(c2ccccc2)C1=O.Cl. The van der Waals surface area contributed by atoms with Gasteiger partial charge in [0.2, 0.25) is 11.8 Å². The number of benzene rings is 1. The number of rotatable bonds is 5. The van der Waals surface area contributed by atoms with E-state index in [1.54, 1.807) is 16.8 Å². The molecule has 1 aromatic rings. The van der Waals surface area contributed by atoms with Crippen LogP contribution in [0, 0.1) is 5.41 Å². The van der Waals surface area contributed by atoms with Crippen molar-refractivity contribution in [2.75, 3.05) is 25.0 Å². The van der Waals surface area contributed by atoms with Crippen molar-refractivity contribution in [2.24, 2.45) is 11.1 Å². The number of nitrogens with zero attached hydrogens (tertiary/aromatic N) is 2. The first-order valence-electron chi connectivity index (χ1n) is 9.38. The Morgan fingerprint density at radius 3 is 2.50 bits per heavy atom. The van der Waals surface area contributed by atoms with Gasteiger partial charge in [0.1, 0.15) is 6.04 Å². The van der Waals surface area contributed by atoms with Crippen molar-refractivity contribution in [1.29, 1.82) is 0 Å². The summed E-state index contributed by atoms with van der Waals surface area (Å²) in [6.07, 6.45) is 6.74. The van der Waals surface area contributed by atoms with Crippen LogP contribution in [0.5, 0.6) is 0 Å². The molecule has 5 nitrogen and oxygen atoms in total. The fourth-order valence-electron chi connectivity index (χ4n) is 4.26. The van der Waals surface area contributed by atoms with E-state index in [1.165, 1.54) is 6.42 Å². The van der Waals surface area contributed by atoms with E-state index < -0.39 is 0 Å². The van der Waals surface area contributed by atoms with Gasteiger partial charge in [-0.05, 0) is 43.4 Å². The van der Waals surface area contributed by atoms with Gasteiger partial charge >= 0.3 is 0 Å². The second-order valence-electron chi connectivity index (χ2n) is 7.58. The van der Waals surface area contributed by atoms with Gasteiger partial charge < -0.3 is 15.5 Å². The number of carbonyl (C=O) groups is 2. The van der Waals surface area contributed by atoms with Crippen LogP contribution in [0.4, 0.5) is 5.69 Å². The summed E-state index contributed by atoms with van der Waals surface area (Å²) in [6, 6.07) is 9.32. The number of carbonyl (C=O) groups excluding carboxylic acids is 2. The lowest BCUT2D eigenvalue weighted by molar-refractivity contribution is -0.139. The van der Waals surface area contributed by atoms with Gasteiger partial charge in [-0.25, -0.2) is 0 Å². The second-order valence-corrected chi connectivity index (χ2v) is 7.58. The van der Waals surface area contributed by atoms with Crippen molar-refractivity contribution in [1.82, 2.24) is 4.90 Å². The van der Waals surface area contributed by atoms with E-state index in [1.807, 2.05) is 30.3 Å². The summed E-state index contributed by atoms with van der Waals surface area (Å²) >= 11 is 0. The van der Waals surface area contributed by atoms with Gasteiger partial charge in [-0.1, -0.05) is 37.5 Å². The van der Waals surface area contributed by atoms with Crippen LogP contribution < -0.4 is 10.6 Å². The molecule has 3 rings (SSSR count). The molecule has 1 unspecified atom stereocenters. The highest BCUT2D eigenvalue weighted by atomic mass is 35.5. The third-order valence-electron chi connectivity index (χ3n) is 5.98. The number of anilines is 1. The van der Waals surface area contributed by atoms with Crippen LogP contribution in [0.2, 0.25) is 0 Å². The van der Waals surface area contributed by atoms with Crippen LogP contribution >= 0.6 is 12.4 Å². The van der Waals surface area contributed by atoms with Crippen molar-refractivity contribution < 1.29 is 9.59 Å². The van der Waals surface area contributed by atoms with Gasteiger partial charge in [0.25, 0.3) is 0 Å². The van der Waals surface area contributed by atoms with Crippen LogP contribution in [0.15, 0.2) is 30.3 Å². The molecule has 1 saturated carbocycles. The fourth-order valence-corrected chi connectivity index (χ4v) is 4.26. The highest BCUT2D eigenvalue weighted by Crippen LogP contribution is 2.39. The molecular weight excluding hydrogens is 350 g/mol. The number of halogens is 1. The first kappa shape index (κ1) is 20.7. The lowest BCUT2D eigenvalue weighted by Crippen LogP contribution is -2.46. The lowest BCUT2D eigenvalue weighted by atomic mass is 9.71. The summed E-state index contributed by atoms with van der Waals surface area (Å²) in [5.74, 6) is 0.0769. The topological polar surface area (TPSA) is 66.6 Å². The summed E-state index contributed by atoms with van der Waals surface area (Å²) < 4.78 is 0. The Balaban J connectivity index is 0.00000243. The summed E-state index contributed by atoms with van der Waals surface area (Å²) in [7, 11) is 1.77. The molecule has 144 valence electrons. The highest BCUT2D eigenvalue weighted by molar-refractivity contribution is 6.01. The molecule has 2 amide bonds. The number of likely N-dealkylation sites (N-methyl/N-ethyl adjacent to an activating group) is 1. The minimum Gasteiger partial charge on any atom is -0.334 e. The van der Waals surface area contributed by atoms with E-state index in [4.69, 9.17) is 5.73 Å². The van der Waals surface area contributed by atoms with Crippen molar-refractivity contribution in [3.05, 3.63) is 30.3 Å². The Kier molecular flexibility index (Phi) is 7.07. The predicted molar refractivity (Wildman–Crippen MR) is 106 cm³/mol. The maximum Gasteiger partial charge on any atom is 0.249 e. The molecule has 1 aliphatic carbocycles. The van der Waals surface area contributed by atoms with E-state index in [-0.39, 0.29) is 35.7 Å². The number of nitrogens with two attached hydrogens (primary N) is 1. The van der Waals surface area contributed by atoms with E-state index >= 15 is 0 Å². The molecule has 1 aliphatic heterocycles. The zero-order valence-electron chi connectivity index (χ0n) is 15.5. The lowest BCUT2D eigenvalue weighted by Gasteiger charge is -2.37. The van der Waals surface area contributed by atoms with Crippen LogP contribution in [-0.2, 0) is 9.59 Å². The maximum absolute atomic E-state index is 12.9. The molecule has 1 heterocycles. The molecule has 0 aromatic heterocycles. The minimum atomic E-state index is -0.355. The molecule has 2 N–H and O–H groups in total. The van der Waals surface area contributed by atoms with Crippen molar-refractivity contribution >= 4 is 29.9 Å². The van der Waals surface area contributed by atoms with Crippen molar-refractivity contribution in [3.8, 4) is 0 Å². The molecule has 2 aliphatic rings. The standard InChI is InChI=1S/C20H29N3O2.ClH/c1-22(18(24)14-20(15-21)11-6-3-7-12-20)17-10-13-23(19(17)25)16-8-4-2-5-9-16;/h2,4-5,8-9,17H,3,6-7,10-15,21H2,1H3;1H. The summed E-state index contributed by atoms with van der Waals surface area (Å²) in [5, 5.41) is 0. The first-order chi connectivity index (χ1) is 12.1. The Morgan fingerprint density at radius 2 is 1.88 bits per heavy atom. The van der Waals surface area contributed by atoms with E-state index in [0.717, 1.165) is 31.4 Å². The van der Waals surface area contributed by atoms with E-state index in [0.29, 0.717) is 25.9 Å². The van der Waals surface area contributed by atoms with Gasteiger partial charge in [-0.3, -0.25) is 9.59 Å². The maximum atomic E-state index is 12.9. The average Bonchev–Trinajstić information content (AvgIpc) is 3.04. The Hall–Kier alpha value is -1.59. The monoisotopic (exact) mass is 379 g/mol. The molecule has 1 aromatic carbocycles. The Bertz CT molecular complexity index is 617. The zero-order valence-corrected chi connectivity index (χ0v) is 16.3. The molecule has 0 bridgehead atoms. The Morgan fingerprint density at radius 1 is 1.23 bits per heavy atom. The van der Waals surface area contributed by atoms with Gasteiger partial charge in [-0.15, -0.1) is 12.4 Å². The van der Waals surface area contributed by atoms with E-state index in [9.17, 15) is 9.59 Å². The van der Waals surface area contributed by atoms with Gasteiger partial charge in [0, 0.05) is 25.7 Å². The minimum absolute atomic E-state index is 0. The van der Waals surface area contributed by atoms with Gasteiger partial charge in [0.05, 0.1) is 0 Å². The molecule has 0 radical (unpaired) electrons. The van der Waals surface area contributed by atoms with Crippen molar-refractivity contribution in [3.63, 3.8) is 0 Å². The van der Waals surface area contributed by atoms with Crippen LogP contribution in [0.3, 0.4) is 0 Å². The van der Waals surface area contributed by atoms with E-state index in [2.05, 4.69) is 0 Å². The number of hydrogen-bond donors (Lipinski definition) is 1. The predicted octanol–water partition coefficient (Wildman–Crippen LogP) is 2.97. The smallest absolute Gasteiger partial charge is 0.249 e. The highest BCUT2D eigenvalue weighted by Gasteiger charge is 2.40. The summed E-state index contributed by atoms with van der Waals surface area (Å²) in [4.78, 5) is 29.1. The number of hydrogen-bond acceptors (Lipinski definition) is 3. The normalized spacial score (nSPS) is 22.0. The summed E-state index contributed by atoms with van der Waals surface area (Å²) in [5.41, 5.74) is 6.86. The summed E-state index contributed by atoms with van der Waals surface area (Å²) in [6.45, 7) is 1.22. The third-order valence-corrected chi connectivity index (χ3v) is 5.98. The molecular formula is C20H30ClN3O2. The largest absolute Gasteiger partial charge is 0.334 e. The molecule has 1 saturated heterocycles. The quantitative estimate of drug-likeness (QED) is 0.855.